The molecule has 2 aromatic carbocycles. The fourth-order valence-electron chi connectivity index (χ4n) is 1.50. The molecule has 13 heavy (non-hydrogen) atoms. The van der Waals surface area contributed by atoms with Gasteiger partial charge < -0.3 is 0 Å². The summed E-state index contributed by atoms with van der Waals surface area (Å²) in [6, 6.07) is 14.2. The van der Waals surface area contributed by atoms with Gasteiger partial charge in [-0.25, -0.2) is 0 Å². The van der Waals surface area contributed by atoms with Crippen LogP contribution in [-0.4, -0.2) is 6.67 Å². The molecule has 1 heteroatoms. The molecule has 0 unspecified atom stereocenters. The number of benzene rings is 2. The zero-order chi connectivity index (χ0) is 9.10. The fourth-order valence-corrected chi connectivity index (χ4v) is 1.50. The summed E-state index contributed by atoms with van der Waals surface area (Å²) < 4.78 is 12.1. The Morgan fingerprint density at radius 2 is 1.69 bits per heavy atom. The van der Waals surface area contributed by atoms with Crippen molar-refractivity contribution in [3.05, 3.63) is 48.0 Å². The van der Waals surface area contributed by atoms with Crippen LogP contribution in [0.2, 0.25) is 0 Å². The van der Waals surface area contributed by atoms with Crippen LogP contribution in [-0.2, 0) is 6.42 Å². The number of rotatable bonds is 2. The summed E-state index contributed by atoms with van der Waals surface area (Å²) >= 11 is 0. The Bertz CT molecular complexity index is 407. The van der Waals surface area contributed by atoms with Crippen molar-refractivity contribution in [3.8, 4) is 0 Å². The van der Waals surface area contributed by atoms with Crippen LogP contribution in [0.5, 0.6) is 0 Å². The summed E-state index contributed by atoms with van der Waals surface area (Å²) in [4.78, 5) is 0. The second-order valence-corrected chi connectivity index (χ2v) is 3.12. The van der Waals surface area contributed by atoms with Crippen molar-refractivity contribution < 1.29 is 4.39 Å². The molecule has 2 rings (SSSR count). The maximum absolute atomic E-state index is 12.1. The van der Waals surface area contributed by atoms with Gasteiger partial charge in [0.2, 0.25) is 0 Å². The van der Waals surface area contributed by atoms with Gasteiger partial charge in [-0.05, 0) is 16.3 Å². The van der Waals surface area contributed by atoms with Gasteiger partial charge in [0, 0.05) is 6.42 Å². The van der Waals surface area contributed by atoms with Crippen LogP contribution in [0.1, 0.15) is 5.56 Å². The lowest BCUT2D eigenvalue weighted by Gasteiger charge is -2.00. The molecular formula is C12H11F. The molecular weight excluding hydrogens is 163 g/mol. The van der Waals surface area contributed by atoms with E-state index in [0.717, 1.165) is 5.56 Å². The molecule has 0 saturated heterocycles. The van der Waals surface area contributed by atoms with Gasteiger partial charge in [0.05, 0.1) is 6.67 Å². The highest BCUT2D eigenvalue weighted by Crippen LogP contribution is 2.15. The zero-order valence-electron chi connectivity index (χ0n) is 7.33. The van der Waals surface area contributed by atoms with E-state index in [1.54, 1.807) is 0 Å². The molecule has 0 aliphatic heterocycles. The summed E-state index contributed by atoms with van der Waals surface area (Å²) in [5, 5.41) is 2.40. The highest BCUT2D eigenvalue weighted by molar-refractivity contribution is 5.82. The summed E-state index contributed by atoms with van der Waals surface area (Å²) in [5.74, 6) is 0. The van der Waals surface area contributed by atoms with E-state index < -0.39 is 0 Å². The number of hydrogen-bond acceptors (Lipinski definition) is 0. The van der Waals surface area contributed by atoms with Crippen molar-refractivity contribution in [1.29, 1.82) is 0 Å². The molecule has 0 amide bonds. The van der Waals surface area contributed by atoms with Crippen molar-refractivity contribution in [3.63, 3.8) is 0 Å². The first-order valence-electron chi connectivity index (χ1n) is 4.44. The normalized spacial score (nSPS) is 10.5. The third-order valence-electron chi connectivity index (χ3n) is 2.20. The third-order valence-corrected chi connectivity index (χ3v) is 2.20. The van der Waals surface area contributed by atoms with Crippen molar-refractivity contribution >= 4 is 10.8 Å². The second kappa shape index (κ2) is 3.56. The Kier molecular flexibility index (Phi) is 2.26. The van der Waals surface area contributed by atoms with Crippen LogP contribution >= 0.6 is 0 Å². The van der Waals surface area contributed by atoms with E-state index in [-0.39, 0.29) is 6.67 Å². The second-order valence-electron chi connectivity index (χ2n) is 3.12. The average molecular weight is 174 g/mol. The standard InChI is InChI=1S/C12H11F/c13-8-7-10-5-6-11-3-1-2-4-12(11)9-10/h1-6,9H,7-8H2. The van der Waals surface area contributed by atoms with Crippen LogP contribution < -0.4 is 0 Å². The van der Waals surface area contributed by atoms with Gasteiger partial charge in [-0.3, -0.25) is 4.39 Å². The highest BCUT2D eigenvalue weighted by Gasteiger charge is 1.94. The minimum absolute atomic E-state index is 0.279. The van der Waals surface area contributed by atoms with Gasteiger partial charge in [0.1, 0.15) is 0 Å². The van der Waals surface area contributed by atoms with Crippen LogP contribution in [0, 0.1) is 0 Å². The lowest BCUT2D eigenvalue weighted by Crippen LogP contribution is -1.85. The number of fused-ring (bicyclic) bond motifs is 1. The summed E-state index contributed by atoms with van der Waals surface area (Å²) in [7, 11) is 0. The van der Waals surface area contributed by atoms with Crippen LogP contribution in [0.4, 0.5) is 4.39 Å². The quantitative estimate of drug-likeness (QED) is 0.655. The first-order valence-corrected chi connectivity index (χ1v) is 4.44. The van der Waals surface area contributed by atoms with Gasteiger partial charge >= 0.3 is 0 Å². The highest BCUT2D eigenvalue weighted by atomic mass is 19.1. The summed E-state index contributed by atoms with van der Waals surface area (Å²) in [5.41, 5.74) is 1.07. The minimum atomic E-state index is -0.279. The minimum Gasteiger partial charge on any atom is -0.251 e. The Labute approximate surface area is 77.0 Å². The molecule has 0 heterocycles. The van der Waals surface area contributed by atoms with Gasteiger partial charge in [-0.2, -0.15) is 0 Å². The fraction of sp³-hybridized carbons (Fsp3) is 0.167. The van der Waals surface area contributed by atoms with Crippen molar-refractivity contribution in [1.82, 2.24) is 0 Å². The van der Waals surface area contributed by atoms with Gasteiger partial charge in [-0.1, -0.05) is 42.5 Å². The van der Waals surface area contributed by atoms with E-state index >= 15 is 0 Å². The molecule has 0 saturated carbocycles. The van der Waals surface area contributed by atoms with E-state index in [1.807, 2.05) is 24.3 Å². The summed E-state index contributed by atoms with van der Waals surface area (Å²) in [6.45, 7) is -0.279. The molecule has 2 aromatic rings. The maximum Gasteiger partial charge on any atom is 0.0934 e. The predicted octanol–water partition coefficient (Wildman–Crippen LogP) is 3.35. The number of hydrogen-bond donors (Lipinski definition) is 0. The zero-order valence-corrected chi connectivity index (χ0v) is 7.33. The molecule has 0 N–H and O–H groups in total. The molecule has 0 fully saturated rings. The Balaban J connectivity index is 2.49. The van der Waals surface area contributed by atoms with Crippen LogP contribution in [0.25, 0.3) is 10.8 Å². The summed E-state index contributed by atoms with van der Waals surface area (Å²) in [6.07, 6.45) is 0.519. The average Bonchev–Trinajstić information content (AvgIpc) is 2.18. The smallest absolute Gasteiger partial charge is 0.0934 e. The molecule has 0 aliphatic rings. The monoisotopic (exact) mass is 174 g/mol. The molecule has 0 aliphatic carbocycles. The molecule has 0 nitrogen and oxygen atoms in total. The largest absolute Gasteiger partial charge is 0.251 e. The van der Waals surface area contributed by atoms with E-state index in [2.05, 4.69) is 18.2 Å². The van der Waals surface area contributed by atoms with Crippen molar-refractivity contribution in [2.24, 2.45) is 0 Å². The Morgan fingerprint density at radius 1 is 0.923 bits per heavy atom. The molecule has 0 aromatic heterocycles. The Hall–Kier alpha value is -1.37. The van der Waals surface area contributed by atoms with Gasteiger partial charge in [-0.15, -0.1) is 0 Å². The van der Waals surface area contributed by atoms with E-state index in [1.165, 1.54) is 10.8 Å². The van der Waals surface area contributed by atoms with Crippen LogP contribution in [0.15, 0.2) is 42.5 Å². The first kappa shape index (κ1) is 8.24. The molecule has 0 bridgehead atoms. The van der Waals surface area contributed by atoms with E-state index in [9.17, 15) is 4.39 Å². The number of halogens is 1. The topological polar surface area (TPSA) is 0 Å². The maximum atomic E-state index is 12.1. The number of alkyl halides is 1. The third kappa shape index (κ3) is 1.69. The van der Waals surface area contributed by atoms with Crippen molar-refractivity contribution in [2.75, 3.05) is 6.67 Å². The molecule has 0 spiro atoms. The lowest BCUT2D eigenvalue weighted by atomic mass is 10.1. The van der Waals surface area contributed by atoms with Crippen molar-refractivity contribution in [2.45, 2.75) is 6.42 Å². The molecule has 66 valence electrons. The van der Waals surface area contributed by atoms with E-state index in [4.69, 9.17) is 0 Å². The number of aryl methyl sites for hydroxylation is 1. The SMILES string of the molecule is FCCc1ccc2ccccc2c1. The molecule has 0 atom stereocenters. The van der Waals surface area contributed by atoms with Crippen LogP contribution in [0.3, 0.4) is 0 Å². The predicted molar refractivity (Wildman–Crippen MR) is 53.6 cm³/mol. The Morgan fingerprint density at radius 3 is 2.46 bits per heavy atom. The van der Waals surface area contributed by atoms with E-state index in [0.29, 0.717) is 6.42 Å². The molecule has 0 radical (unpaired) electrons. The van der Waals surface area contributed by atoms with Gasteiger partial charge in [0.15, 0.2) is 0 Å². The lowest BCUT2D eigenvalue weighted by molar-refractivity contribution is 0.495. The first-order chi connectivity index (χ1) is 6.40. The van der Waals surface area contributed by atoms with Gasteiger partial charge in [0.25, 0.3) is 0 Å².